The van der Waals surface area contributed by atoms with Gasteiger partial charge in [-0.25, -0.2) is 0 Å². The number of hydrogen-bond acceptors (Lipinski definition) is 3. The Morgan fingerprint density at radius 1 is 0.960 bits per heavy atom. The van der Waals surface area contributed by atoms with Crippen LogP contribution in [0.1, 0.15) is 17.3 Å². The molecule has 0 aliphatic rings. The van der Waals surface area contributed by atoms with E-state index in [1.165, 1.54) is 0 Å². The average Bonchev–Trinajstić information content (AvgIpc) is 2.62. The molecule has 1 atom stereocenters. The van der Waals surface area contributed by atoms with Crippen LogP contribution in [0.5, 0.6) is 5.75 Å². The Bertz CT molecular complexity index is 920. The van der Waals surface area contributed by atoms with Gasteiger partial charge in [-0.1, -0.05) is 30.3 Å². The molecule has 0 aromatic heterocycles. The monoisotopic (exact) mass is 334 g/mol. The van der Waals surface area contributed by atoms with E-state index in [1.54, 1.807) is 31.2 Å². The van der Waals surface area contributed by atoms with Gasteiger partial charge in [0.1, 0.15) is 5.75 Å². The van der Waals surface area contributed by atoms with Crippen molar-refractivity contribution < 1.29 is 14.3 Å². The number of ether oxygens (including phenoxy) is 1. The largest absolute Gasteiger partial charge is 0.481 e. The fraction of sp³-hybridized carbons (Fsp3) is 0.100. The molecule has 25 heavy (non-hydrogen) atoms. The highest BCUT2D eigenvalue weighted by atomic mass is 16.5. The number of primary amides is 1. The van der Waals surface area contributed by atoms with Crippen molar-refractivity contribution in [3.05, 3.63) is 72.3 Å². The Hall–Kier alpha value is -3.34. The van der Waals surface area contributed by atoms with Crippen LogP contribution in [-0.2, 0) is 4.79 Å². The maximum Gasteiger partial charge on any atom is 0.265 e. The Morgan fingerprint density at radius 3 is 2.32 bits per heavy atom. The molecule has 0 bridgehead atoms. The summed E-state index contributed by atoms with van der Waals surface area (Å²) >= 11 is 0. The van der Waals surface area contributed by atoms with Gasteiger partial charge in [0.2, 0.25) is 5.91 Å². The van der Waals surface area contributed by atoms with E-state index < -0.39 is 12.0 Å². The molecule has 0 fully saturated rings. The molecule has 2 amide bonds. The van der Waals surface area contributed by atoms with Crippen molar-refractivity contribution in [2.75, 3.05) is 5.32 Å². The normalized spacial score (nSPS) is 11.7. The van der Waals surface area contributed by atoms with E-state index in [4.69, 9.17) is 10.5 Å². The summed E-state index contributed by atoms with van der Waals surface area (Å²) < 4.78 is 5.73. The van der Waals surface area contributed by atoms with Crippen LogP contribution in [0.4, 0.5) is 5.69 Å². The van der Waals surface area contributed by atoms with Crippen molar-refractivity contribution in [2.24, 2.45) is 5.73 Å². The molecule has 0 saturated heterocycles. The van der Waals surface area contributed by atoms with Crippen LogP contribution < -0.4 is 15.8 Å². The van der Waals surface area contributed by atoms with Gasteiger partial charge in [0, 0.05) is 11.3 Å². The number of fused-ring (bicyclic) bond motifs is 1. The smallest absolute Gasteiger partial charge is 0.265 e. The zero-order valence-corrected chi connectivity index (χ0v) is 13.7. The van der Waals surface area contributed by atoms with E-state index in [2.05, 4.69) is 5.32 Å². The molecule has 0 saturated carbocycles. The summed E-state index contributed by atoms with van der Waals surface area (Å²) in [5, 5.41) is 4.91. The first-order chi connectivity index (χ1) is 12.0. The molecule has 3 aromatic rings. The average molecular weight is 334 g/mol. The van der Waals surface area contributed by atoms with Crippen molar-refractivity contribution in [2.45, 2.75) is 13.0 Å². The molecule has 3 aromatic carbocycles. The molecule has 0 spiro atoms. The van der Waals surface area contributed by atoms with Crippen molar-refractivity contribution in [1.29, 1.82) is 0 Å². The van der Waals surface area contributed by atoms with E-state index in [9.17, 15) is 9.59 Å². The summed E-state index contributed by atoms with van der Waals surface area (Å²) in [4.78, 5) is 23.3. The number of carbonyl (C=O) groups is 2. The maximum atomic E-state index is 12.3. The van der Waals surface area contributed by atoms with Gasteiger partial charge in [-0.05, 0) is 54.1 Å². The van der Waals surface area contributed by atoms with Crippen molar-refractivity contribution in [3.8, 4) is 5.75 Å². The number of carbonyl (C=O) groups excluding carboxylic acids is 2. The molecule has 126 valence electrons. The third kappa shape index (κ3) is 3.95. The first-order valence-electron chi connectivity index (χ1n) is 7.89. The van der Waals surface area contributed by atoms with Crippen LogP contribution >= 0.6 is 0 Å². The highest BCUT2D eigenvalue weighted by Crippen LogP contribution is 2.21. The van der Waals surface area contributed by atoms with Gasteiger partial charge >= 0.3 is 0 Å². The Labute approximate surface area is 145 Å². The molecule has 5 nitrogen and oxygen atoms in total. The summed E-state index contributed by atoms with van der Waals surface area (Å²) in [6.45, 7) is 1.68. The highest BCUT2D eigenvalue weighted by molar-refractivity contribution is 5.96. The van der Waals surface area contributed by atoms with Crippen LogP contribution in [0.25, 0.3) is 10.8 Å². The standard InChI is InChI=1S/C20H18N2O3/c1-13(20(24)22-17-9-6-15(7-10-17)19(21)23)25-18-11-8-14-4-2-3-5-16(14)12-18/h2-13H,1H3,(H2,21,23)(H,22,24). The van der Waals surface area contributed by atoms with Crippen LogP contribution in [-0.4, -0.2) is 17.9 Å². The van der Waals surface area contributed by atoms with Gasteiger partial charge in [0.15, 0.2) is 6.10 Å². The van der Waals surface area contributed by atoms with Crippen molar-refractivity contribution in [1.82, 2.24) is 0 Å². The molecule has 0 aliphatic heterocycles. The second-order valence-electron chi connectivity index (χ2n) is 5.70. The maximum absolute atomic E-state index is 12.3. The molecular formula is C20H18N2O3. The zero-order valence-electron chi connectivity index (χ0n) is 13.7. The van der Waals surface area contributed by atoms with E-state index in [0.717, 1.165) is 10.8 Å². The topological polar surface area (TPSA) is 81.4 Å². The van der Waals surface area contributed by atoms with Gasteiger partial charge in [-0.2, -0.15) is 0 Å². The minimum atomic E-state index is -0.669. The number of benzene rings is 3. The van der Waals surface area contributed by atoms with Gasteiger partial charge in [0.25, 0.3) is 5.91 Å². The van der Waals surface area contributed by atoms with E-state index in [-0.39, 0.29) is 5.91 Å². The quantitative estimate of drug-likeness (QED) is 0.751. The number of amides is 2. The van der Waals surface area contributed by atoms with Gasteiger partial charge in [0.05, 0.1) is 0 Å². The van der Waals surface area contributed by atoms with Crippen molar-refractivity contribution >= 4 is 28.3 Å². The lowest BCUT2D eigenvalue weighted by Gasteiger charge is -2.15. The van der Waals surface area contributed by atoms with E-state index in [1.807, 2.05) is 42.5 Å². The summed E-state index contributed by atoms with van der Waals surface area (Å²) in [6.07, 6.45) is -0.669. The number of anilines is 1. The molecule has 0 aliphatic carbocycles. The Kier molecular flexibility index (Phi) is 4.66. The molecule has 0 radical (unpaired) electrons. The zero-order chi connectivity index (χ0) is 17.8. The van der Waals surface area contributed by atoms with Crippen LogP contribution in [0.2, 0.25) is 0 Å². The van der Waals surface area contributed by atoms with Gasteiger partial charge in [-0.3, -0.25) is 9.59 Å². The first-order valence-corrected chi connectivity index (χ1v) is 7.89. The molecular weight excluding hydrogens is 316 g/mol. The lowest BCUT2D eigenvalue weighted by atomic mass is 10.1. The predicted molar refractivity (Wildman–Crippen MR) is 97.6 cm³/mol. The fourth-order valence-corrected chi connectivity index (χ4v) is 2.46. The molecule has 3 N–H and O–H groups in total. The number of rotatable bonds is 5. The summed E-state index contributed by atoms with van der Waals surface area (Å²) in [5.41, 5.74) is 6.15. The number of hydrogen-bond donors (Lipinski definition) is 2. The Morgan fingerprint density at radius 2 is 1.64 bits per heavy atom. The highest BCUT2D eigenvalue weighted by Gasteiger charge is 2.15. The molecule has 5 heteroatoms. The second-order valence-corrected chi connectivity index (χ2v) is 5.70. The first kappa shape index (κ1) is 16.5. The van der Waals surface area contributed by atoms with Crippen LogP contribution in [0.15, 0.2) is 66.7 Å². The van der Waals surface area contributed by atoms with Gasteiger partial charge in [-0.15, -0.1) is 0 Å². The summed E-state index contributed by atoms with van der Waals surface area (Å²) in [5.74, 6) is -0.156. The SMILES string of the molecule is CC(Oc1ccc2ccccc2c1)C(=O)Nc1ccc(C(N)=O)cc1. The number of nitrogens with two attached hydrogens (primary N) is 1. The third-order valence-electron chi connectivity index (χ3n) is 3.84. The summed E-state index contributed by atoms with van der Waals surface area (Å²) in [6, 6.07) is 20.0. The fourth-order valence-electron chi connectivity index (χ4n) is 2.46. The second kappa shape index (κ2) is 7.05. The van der Waals surface area contributed by atoms with E-state index in [0.29, 0.717) is 17.0 Å². The molecule has 0 heterocycles. The van der Waals surface area contributed by atoms with Crippen LogP contribution in [0.3, 0.4) is 0 Å². The molecule has 1 unspecified atom stereocenters. The van der Waals surface area contributed by atoms with Gasteiger partial charge < -0.3 is 15.8 Å². The van der Waals surface area contributed by atoms with Crippen molar-refractivity contribution in [3.63, 3.8) is 0 Å². The predicted octanol–water partition coefficient (Wildman–Crippen LogP) is 3.34. The Balaban J connectivity index is 1.66. The lowest BCUT2D eigenvalue weighted by Crippen LogP contribution is -2.30. The minimum absolute atomic E-state index is 0.278. The minimum Gasteiger partial charge on any atom is -0.481 e. The third-order valence-corrected chi connectivity index (χ3v) is 3.84. The number of nitrogens with one attached hydrogen (secondary N) is 1. The van der Waals surface area contributed by atoms with Crippen LogP contribution in [0, 0.1) is 0 Å². The lowest BCUT2D eigenvalue weighted by molar-refractivity contribution is -0.122. The van der Waals surface area contributed by atoms with E-state index >= 15 is 0 Å². The molecule has 3 rings (SSSR count). The summed E-state index contributed by atoms with van der Waals surface area (Å²) in [7, 11) is 0.